The number of fused-ring (bicyclic) bond motifs is 3. The highest BCUT2D eigenvalue weighted by Crippen LogP contribution is 2.42. The molecule has 0 bridgehead atoms. The minimum atomic E-state index is 0.744. The van der Waals surface area contributed by atoms with Crippen LogP contribution in [0.5, 0.6) is 0 Å². The van der Waals surface area contributed by atoms with E-state index in [4.69, 9.17) is 21.7 Å². The minimum absolute atomic E-state index is 0.744. The van der Waals surface area contributed by atoms with Crippen molar-refractivity contribution in [2.24, 2.45) is 10.1 Å². The molecule has 0 spiro atoms. The van der Waals surface area contributed by atoms with Gasteiger partial charge in [0.2, 0.25) is 5.96 Å². The van der Waals surface area contributed by atoms with Crippen LogP contribution in [0.25, 0.3) is 5.70 Å². The normalized spacial score (nSPS) is 21.5. The summed E-state index contributed by atoms with van der Waals surface area (Å²) >= 11 is 6.40. The van der Waals surface area contributed by atoms with E-state index in [1.54, 1.807) is 0 Å². The molecule has 5 nitrogen and oxygen atoms in total. The second-order valence-corrected chi connectivity index (χ2v) is 9.23. The third kappa shape index (κ3) is 4.09. The molecular weight excluding hydrogens is 406 g/mol. The minimum Gasteiger partial charge on any atom is -0.338 e. The molecule has 5 rings (SSSR count). The molecule has 0 aromatic heterocycles. The first-order chi connectivity index (χ1) is 15.1. The molecule has 1 fully saturated rings. The average Bonchev–Trinajstić information content (AvgIpc) is 2.79. The van der Waals surface area contributed by atoms with Gasteiger partial charge in [0, 0.05) is 55.3 Å². The Morgan fingerprint density at radius 2 is 1.97 bits per heavy atom. The van der Waals surface area contributed by atoms with Gasteiger partial charge in [-0.05, 0) is 50.1 Å². The summed E-state index contributed by atoms with van der Waals surface area (Å²) in [7, 11) is 2.18. The van der Waals surface area contributed by atoms with E-state index in [-0.39, 0.29) is 0 Å². The monoisotopic (exact) mass is 435 g/mol. The highest BCUT2D eigenvalue weighted by Gasteiger charge is 2.34. The number of likely N-dealkylation sites (N-methyl/N-ethyl adjacent to an activating group) is 1. The third-order valence-electron chi connectivity index (χ3n) is 6.57. The SMILES string of the molecule is CCC1=C2c3cc(Cl)ccc3N=C(N3CCN(C)CC3)N2N=C(CC2=CC=CCC2)C1. The van der Waals surface area contributed by atoms with Crippen LogP contribution in [0, 0.1) is 0 Å². The summed E-state index contributed by atoms with van der Waals surface area (Å²) in [5.74, 6) is 0.957. The molecule has 0 N–H and O–H groups in total. The van der Waals surface area contributed by atoms with Gasteiger partial charge in [-0.25, -0.2) is 4.99 Å². The van der Waals surface area contributed by atoms with Crippen LogP contribution >= 0.6 is 11.6 Å². The Bertz CT molecular complexity index is 1020. The summed E-state index contributed by atoms with van der Waals surface area (Å²) in [4.78, 5) is 9.85. The highest BCUT2D eigenvalue weighted by molar-refractivity contribution is 6.31. The first kappa shape index (κ1) is 20.5. The van der Waals surface area contributed by atoms with Gasteiger partial charge < -0.3 is 9.80 Å². The molecule has 162 valence electrons. The van der Waals surface area contributed by atoms with E-state index in [0.29, 0.717) is 0 Å². The van der Waals surface area contributed by atoms with Crippen LogP contribution in [0.3, 0.4) is 0 Å². The van der Waals surface area contributed by atoms with Crippen LogP contribution in [-0.2, 0) is 0 Å². The Labute approximate surface area is 190 Å². The smallest absolute Gasteiger partial charge is 0.227 e. The number of nitrogens with zero attached hydrogens (tertiary/aromatic N) is 5. The topological polar surface area (TPSA) is 34.4 Å². The van der Waals surface area contributed by atoms with Crippen molar-refractivity contribution < 1.29 is 0 Å². The van der Waals surface area contributed by atoms with Gasteiger partial charge in [-0.3, -0.25) is 0 Å². The Balaban J connectivity index is 1.57. The second-order valence-electron chi connectivity index (χ2n) is 8.79. The maximum atomic E-state index is 6.40. The highest BCUT2D eigenvalue weighted by atomic mass is 35.5. The van der Waals surface area contributed by atoms with Crippen LogP contribution in [0.15, 0.2) is 57.7 Å². The number of hydrazone groups is 1. The predicted molar refractivity (Wildman–Crippen MR) is 130 cm³/mol. The Morgan fingerprint density at radius 1 is 1.13 bits per heavy atom. The van der Waals surface area contributed by atoms with Crippen LogP contribution < -0.4 is 0 Å². The Morgan fingerprint density at radius 3 is 2.71 bits per heavy atom. The van der Waals surface area contributed by atoms with E-state index >= 15 is 0 Å². The Kier molecular flexibility index (Phi) is 5.72. The number of guanidine groups is 1. The van der Waals surface area contributed by atoms with Gasteiger partial charge in [-0.1, -0.05) is 42.3 Å². The molecule has 31 heavy (non-hydrogen) atoms. The number of benzene rings is 1. The van der Waals surface area contributed by atoms with Gasteiger partial charge >= 0.3 is 0 Å². The average molecular weight is 436 g/mol. The van der Waals surface area contributed by atoms with Gasteiger partial charge in [0.05, 0.1) is 11.4 Å². The number of hydrogen-bond donors (Lipinski definition) is 0. The van der Waals surface area contributed by atoms with Crippen molar-refractivity contribution in [1.82, 2.24) is 14.8 Å². The van der Waals surface area contributed by atoms with Crippen molar-refractivity contribution in [1.29, 1.82) is 0 Å². The molecule has 3 aliphatic heterocycles. The van der Waals surface area contributed by atoms with Gasteiger partial charge in [-0.15, -0.1) is 0 Å². The molecule has 0 atom stereocenters. The van der Waals surface area contributed by atoms with Crippen molar-refractivity contribution >= 4 is 34.7 Å². The number of aliphatic imine (C=N–C) groups is 1. The molecule has 1 aromatic rings. The Hall–Kier alpha value is -2.37. The van der Waals surface area contributed by atoms with E-state index in [0.717, 1.165) is 80.5 Å². The zero-order valence-corrected chi connectivity index (χ0v) is 19.2. The number of allylic oxidation sites excluding steroid dienone is 5. The number of hydrogen-bond acceptors (Lipinski definition) is 5. The zero-order valence-electron chi connectivity index (χ0n) is 18.4. The van der Waals surface area contributed by atoms with Crippen LogP contribution in [0.4, 0.5) is 5.69 Å². The van der Waals surface area contributed by atoms with Crippen molar-refractivity contribution in [3.63, 3.8) is 0 Å². The summed E-state index contributed by atoms with van der Waals surface area (Å²) < 4.78 is 0. The summed E-state index contributed by atoms with van der Waals surface area (Å²) in [5.41, 5.74) is 7.40. The fraction of sp³-hybridized carbons (Fsp3) is 0.440. The second kappa shape index (κ2) is 8.64. The van der Waals surface area contributed by atoms with Crippen molar-refractivity contribution in [3.8, 4) is 0 Å². The summed E-state index contributed by atoms with van der Waals surface area (Å²) in [6.07, 6.45) is 11.8. The van der Waals surface area contributed by atoms with Crippen molar-refractivity contribution in [3.05, 3.63) is 58.2 Å². The lowest BCUT2D eigenvalue weighted by atomic mass is 9.91. The molecule has 1 aliphatic carbocycles. The lowest BCUT2D eigenvalue weighted by molar-refractivity contribution is 0.203. The fourth-order valence-corrected chi connectivity index (χ4v) is 4.94. The number of rotatable bonds is 3. The van der Waals surface area contributed by atoms with Crippen LogP contribution in [0.1, 0.15) is 44.6 Å². The summed E-state index contributed by atoms with van der Waals surface area (Å²) in [6, 6.07) is 6.03. The maximum absolute atomic E-state index is 6.40. The summed E-state index contributed by atoms with van der Waals surface area (Å²) in [5, 5.41) is 8.07. The molecule has 1 saturated heterocycles. The van der Waals surface area contributed by atoms with Crippen LogP contribution in [0.2, 0.25) is 5.02 Å². The van der Waals surface area contributed by atoms with Gasteiger partial charge in [0.1, 0.15) is 0 Å². The van der Waals surface area contributed by atoms with Gasteiger partial charge in [0.15, 0.2) is 0 Å². The first-order valence-electron chi connectivity index (χ1n) is 11.4. The molecule has 0 saturated carbocycles. The lowest BCUT2D eigenvalue weighted by Gasteiger charge is -2.41. The van der Waals surface area contributed by atoms with E-state index in [2.05, 4.69) is 47.0 Å². The van der Waals surface area contributed by atoms with E-state index in [9.17, 15) is 0 Å². The lowest BCUT2D eigenvalue weighted by Crippen LogP contribution is -2.52. The standard InChI is InChI=1S/C25H30ClN5/c1-3-19-16-21(15-18-7-5-4-6-8-18)28-31-24(19)22-17-20(26)9-10-23(22)27-25(31)30-13-11-29(2)12-14-30/h4-5,7,9-10,17H,3,6,8,11-16H2,1-2H3. The van der Waals surface area contributed by atoms with E-state index < -0.39 is 0 Å². The van der Waals surface area contributed by atoms with Gasteiger partial charge in [0.25, 0.3) is 0 Å². The van der Waals surface area contributed by atoms with Crippen LogP contribution in [-0.4, -0.2) is 59.7 Å². The molecular formula is C25H30ClN5. The molecule has 1 aromatic carbocycles. The number of halogens is 1. The summed E-state index contributed by atoms with van der Waals surface area (Å²) in [6.45, 7) is 6.25. The van der Waals surface area contributed by atoms with Crippen molar-refractivity contribution in [2.75, 3.05) is 33.2 Å². The predicted octanol–water partition coefficient (Wildman–Crippen LogP) is 5.44. The van der Waals surface area contributed by atoms with E-state index in [1.165, 1.54) is 22.6 Å². The molecule has 0 amide bonds. The quantitative estimate of drug-likeness (QED) is 0.634. The first-order valence-corrected chi connectivity index (χ1v) is 11.8. The molecule has 0 unspecified atom stereocenters. The fourth-order valence-electron chi connectivity index (χ4n) is 4.77. The van der Waals surface area contributed by atoms with Gasteiger partial charge in [-0.2, -0.15) is 10.1 Å². The molecule has 4 aliphatic rings. The molecule has 0 radical (unpaired) electrons. The molecule has 6 heteroatoms. The zero-order chi connectivity index (χ0) is 21.4. The maximum Gasteiger partial charge on any atom is 0.227 e. The third-order valence-corrected chi connectivity index (χ3v) is 6.81. The molecule has 3 heterocycles. The van der Waals surface area contributed by atoms with Crippen molar-refractivity contribution in [2.45, 2.75) is 39.0 Å². The van der Waals surface area contributed by atoms with E-state index in [1.807, 2.05) is 18.2 Å². The number of piperazine rings is 1. The largest absolute Gasteiger partial charge is 0.338 e.